The lowest BCUT2D eigenvalue weighted by molar-refractivity contribution is 0.354. The van der Waals surface area contributed by atoms with Gasteiger partial charge in [0.05, 0.1) is 16.4 Å². The fourth-order valence-corrected chi connectivity index (χ4v) is 5.90. The Labute approximate surface area is 122 Å². The van der Waals surface area contributed by atoms with Crippen LogP contribution in [0.5, 0.6) is 0 Å². The first-order valence-electron chi connectivity index (χ1n) is 6.34. The molecule has 1 saturated heterocycles. The molecule has 0 saturated carbocycles. The zero-order chi connectivity index (χ0) is 15.8. The third-order valence-electron chi connectivity index (χ3n) is 3.42. The molecule has 1 atom stereocenters. The van der Waals surface area contributed by atoms with E-state index in [0.29, 0.717) is 6.07 Å². The number of sulfonamides is 1. The smallest absolute Gasteiger partial charge is 0.229 e. The molecule has 2 rings (SSSR count). The van der Waals surface area contributed by atoms with Crippen molar-refractivity contribution in [1.82, 2.24) is 4.31 Å². The van der Waals surface area contributed by atoms with E-state index in [4.69, 9.17) is 0 Å². The number of hydrogen-bond donors (Lipinski definition) is 0. The van der Waals surface area contributed by atoms with E-state index in [2.05, 4.69) is 0 Å². The largest absolute Gasteiger partial charge is 0.243 e. The first kappa shape index (κ1) is 16.3. The molecule has 9 heteroatoms. The highest BCUT2D eigenvalue weighted by atomic mass is 32.2. The molecule has 0 radical (unpaired) electrons. The van der Waals surface area contributed by atoms with Gasteiger partial charge in [-0.2, -0.15) is 4.31 Å². The van der Waals surface area contributed by atoms with Gasteiger partial charge in [-0.05, 0) is 24.6 Å². The first-order valence-corrected chi connectivity index (χ1v) is 9.61. The van der Waals surface area contributed by atoms with Crippen molar-refractivity contribution in [2.24, 2.45) is 0 Å². The van der Waals surface area contributed by atoms with Crippen LogP contribution in [0.2, 0.25) is 0 Å². The fourth-order valence-electron chi connectivity index (χ4n) is 2.40. The van der Waals surface area contributed by atoms with Crippen LogP contribution >= 0.6 is 0 Å². The molecule has 1 fully saturated rings. The molecule has 1 aliphatic heterocycles. The van der Waals surface area contributed by atoms with Gasteiger partial charge in [-0.15, -0.1) is 0 Å². The van der Waals surface area contributed by atoms with Crippen LogP contribution < -0.4 is 0 Å². The van der Waals surface area contributed by atoms with E-state index in [1.165, 1.54) is 0 Å². The van der Waals surface area contributed by atoms with Gasteiger partial charge in [-0.1, -0.05) is 6.92 Å². The minimum atomic E-state index is -4.06. The molecule has 118 valence electrons. The van der Waals surface area contributed by atoms with Crippen molar-refractivity contribution in [1.29, 1.82) is 0 Å². The normalized spacial score (nSPS) is 21.8. The van der Waals surface area contributed by atoms with E-state index in [9.17, 15) is 25.6 Å². The lowest BCUT2D eigenvalue weighted by Gasteiger charge is -2.25. The Bertz CT molecular complexity index is 747. The minimum absolute atomic E-state index is 0.0571. The second kappa shape index (κ2) is 5.62. The third kappa shape index (κ3) is 3.24. The van der Waals surface area contributed by atoms with E-state index in [-0.39, 0.29) is 29.4 Å². The number of nitrogens with zero attached hydrogens (tertiary/aromatic N) is 1. The second-order valence-corrected chi connectivity index (χ2v) is 8.96. The molecule has 1 aromatic carbocycles. The molecule has 1 aliphatic rings. The van der Waals surface area contributed by atoms with Gasteiger partial charge in [-0.3, -0.25) is 0 Å². The summed E-state index contributed by atoms with van der Waals surface area (Å²) in [7, 11) is -7.31. The van der Waals surface area contributed by atoms with Crippen LogP contribution in [-0.4, -0.2) is 45.2 Å². The van der Waals surface area contributed by atoms with Gasteiger partial charge in [-0.25, -0.2) is 25.6 Å². The summed E-state index contributed by atoms with van der Waals surface area (Å²) in [4.78, 5) is -0.382. The second-order valence-electron chi connectivity index (χ2n) is 4.84. The van der Waals surface area contributed by atoms with Crippen molar-refractivity contribution in [3.05, 3.63) is 29.8 Å². The Balaban J connectivity index is 2.38. The summed E-state index contributed by atoms with van der Waals surface area (Å²) in [6.45, 7) is 1.63. The Morgan fingerprint density at radius 1 is 1.29 bits per heavy atom. The first-order chi connectivity index (χ1) is 9.67. The monoisotopic (exact) mass is 339 g/mol. The Morgan fingerprint density at radius 2 is 1.95 bits per heavy atom. The van der Waals surface area contributed by atoms with E-state index < -0.39 is 37.5 Å². The minimum Gasteiger partial charge on any atom is -0.229 e. The van der Waals surface area contributed by atoms with E-state index in [1.807, 2.05) is 0 Å². The number of rotatable bonds is 4. The maximum Gasteiger partial charge on any atom is 0.243 e. The number of benzene rings is 1. The molecule has 21 heavy (non-hydrogen) atoms. The van der Waals surface area contributed by atoms with Gasteiger partial charge >= 0.3 is 0 Å². The van der Waals surface area contributed by atoms with E-state index in [0.717, 1.165) is 16.4 Å². The molecule has 0 aromatic heterocycles. The van der Waals surface area contributed by atoms with Crippen LogP contribution in [-0.2, 0) is 19.9 Å². The average Bonchev–Trinajstić information content (AvgIpc) is 2.73. The third-order valence-corrected chi connectivity index (χ3v) is 7.20. The van der Waals surface area contributed by atoms with E-state index >= 15 is 0 Å². The van der Waals surface area contributed by atoms with Crippen molar-refractivity contribution >= 4 is 19.9 Å². The molecule has 0 aliphatic carbocycles. The standard InChI is InChI=1S/C12H15F2NO4S2/c1-2-15(9-5-6-20(16,17)8-9)21(18,19)10-3-4-11(13)12(14)7-10/h3-4,7,9H,2,5-6,8H2,1H3. The lowest BCUT2D eigenvalue weighted by atomic mass is 10.3. The SMILES string of the molecule is CCN(C1CCS(=O)(=O)C1)S(=O)(=O)c1ccc(F)c(F)c1. The zero-order valence-corrected chi connectivity index (χ0v) is 12.9. The number of hydrogen-bond acceptors (Lipinski definition) is 4. The molecule has 1 heterocycles. The topological polar surface area (TPSA) is 71.5 Å². The van der Waals surface area contributed by atoms with Crippen LogP contribution in [0.1, 0.15) is 13.3 Å². The molecule has 1 aromatic rings. The van der Waals surface area contributed by atoms with Gasteiger partial charge in [0.25, 0.3) is 0 Å². The maximum atomic E-state index is 13.2. The quantitative estimate of drug-likeness (QED) is 0.825. The van der Waals surface area contributed by atoms with Gasteiger partial charge in [0.2, 0.25) is 10.0 Å². The van der Waals surface area contributed by atoms with Crippen molar-refractivity contribution in [3.63, 3.8) is 0 Å². The number of sulfone groups is 1. The van der Waals surface area contributed by atoms with E-state index in [1.54, 1.807) is 6.92 Å². The van der Waals surface area contributed by atoms with Crippen LogP contribution in [0.15, 0.2) is 23.1 Å². The number of halogens is 2. The summed E-state index contributed by atoms with van der Waals surface area (Å²) in [5.41, 5.74) is 0. The van der Waals surface area contributed by atoms with Crippen LogP contribution in [0.25, 0.3) is 0 Å². The summed E-state index contributed by atoms with van der Waals surface area (Å²) in [5.74, 6) is -2.71. The van der Waals surface area contributed by atoms with Gasteiger partial charge < -0.3 is 0 Å². The Morgan fingerprint density at radius 3 is 2.43 bits per heavy atom. The van der Waals surface area contributed by atoms with Gasteiger partial charge in [0, 0.05) is 12.6 Å². The highest BCUT2D eigenvalue weighted by Crippen LogP contribution is 2.25. The predicted octanol–water partition coefficient (Wildman–Crippen LogP) is 1.16. The Kier molecular flexibility index (Phi) is 4.36. The summed E-state index contributed by atoms with van der Waals surface area (Å²) in [6, 6.07) is 1.65. The lowest BCUT2D eigenvalue weighted by Crippen LogP contribution is -2.40. The van der Waals surface area contributed by atoms with Crippen LogP contribution in [0, 0.1) is 11.6 Å². The van der Waals surface area contributed by atoms with Crippen molar-refractivity contribution < 1.29 is 25.6 Å². The van der Waals surface area contributed by atoms with Crippen molar-refractivity contribution in [3.8, 4) is 0 Å². The highest BCUT2D eigenvalue weighted by molar-refractivity contribution is 7.92. The summed E-state index contributed by atoms with van der Waals surface area (Å²) >= 11 is 0. The Hall–Kier alpha value is -1.06. The van der Waals surface area contributed by atoms with Crippen molar-refractivity contribution in [2.45, 2.75) is 24.3 Å². The molecule has 0 bridgehead atoms. The predicted molar refractivity (Wildman–Crippen MR) is 73.0 cm³/mol. The summed E-state index contributed by atoms with van der Waals surface area (Å²) in [6.07, 6.45) is 0.207. The molecule has 0 amide bonds. The van der Waals surface area contributed by atoms with Crippen LogP contribution in [0.3, 0.4) is 0 Å². The molecule has 1 unspecified atom stereocenters. The average molecular weight is 339 g/mol. The van der Waals surface area contributed by atoms with Gasteiger partial charge in [0.1, 0.15) is 0 Å². The fraction of sp³-hybridized carbons (Fsp3) is 0.500. The molecule has 0 N–H and O–H groups in total. The maximum absolute atomic E-state index is 13.2. The molecule has 5 nitrogen and oxygen atoms in total. The highest BCUT2D eigenvalue weighted by Gasteiger charge is 2.38. The molecular formula is C12H15F2NO4S2. The van der Waals surface area contributed by atoms with Crippen molar-refractivity contribution in [2.75, 3.05) is 18.1 Å². The summed E-state index contributed by atoms with van der Waals surface area (Å²) < 4.78 is 75.1. The molecule has 0 spiro atoms. The summed E-state index contributed by atoms with van der Waals surface area (Å²) in [5, 5.41) is 0. The molecular weight excluding hydrogens is 324 g/mol. The van der Waals surface area contributed by atoms with Crippen LogP contribution in [0.4, 0.5) is 8.78 Å². The van der Waals surface area contributed by atoms with Gasteiger partial charge in [0.15, 0.2) is 21.5 Å². The zero-order valence-electron chi connectivity index (χ0n) is 11.3.